The van der Waals surface area contributed by atoms with Gasteiger partial charge in [-0.25, -0.2) is 4.98 Å². The van der Waals surface area contributed by atoms with Crippen molar-refractivity contribution in [1.29, 1.82) is 0 Å². The third kappa shape index (κ3) is 1.70. The predicted molar refractivity (Wildman–Crippen MR) is 68.5 cm³/mol. The van der Waals surface area contributed by atoms with Crippen LogP contribution in [0.4, 0.5) is 5.82 Å². The van der Waals surface area contributed by atoms with Gasteiger partial charge in [-0.3, -0.25) is 0 Å². The van der Waals surface area contributed by atoms with E-state index in [2.05, 4.69) is 57.1 Å². The largest absolute Gasteiger partial charge is 0.370 e. The number of nitrogens with zero attached hydrogens (tertiary/aromatic N) is 1. The van der Waals surface area contributed by atoms with E-state index in [0.29, 0.717) is 10.8 Å². The first kappa shape index (κ1) is 11.4. The molecule has 1 aromatic heterocycles. The van der Waals surface area contributed by atoms with Crippen LogP contribution in [-0.2, 0) is 0 Å². The third-order valence-corrected chi connectivity index (χ3v) is 4.72. The van der Waals surface area contributed by atoms with Crippen LogP contribution in [0.2, 0.25) is 0 Å². The molecular weight excluding hydrogens is 196 g/mol. The summed E-state index contributed by atoms with van der Waals surface area (Å²) in [5, 5.41) is 3.43. The minimum atomic E-state index is 0.449. The molecule has 0 saturated heterocycles. The summed E-state index contributed by atoms with van der Waals surface area (Å²) in [6.45, 7) is 12.5. The normalized spacial score (nSPS) is 21.8. The highest BCUT2D eigenvalue weighted by Gasteiger charge is 2.64. The zero-order chi connectivity index (χ0) is 12.0. The predicted octanol–water partition coefficient (Wildman–Crippen LogP) is 3.48. The first-order valence-corrected chi connectivity index (χ1v) is 6.02. The van der Waals surface area contributed by atoms with Crippen molar-refractivity contribution in [3.63, 3.8) is 0 Å². The Morgan fingerprint density at radius 2 is 1.81 bits per heavy atom. The summed E-state index contributed by atoms with van der Waals surface area (Å²) in [5.74, 6) is 1.73. The van der Waals surface area contributed by atoms with Crippen molar-refractivity contribution >= 4 is 5.82 Å². The van der Waals surface area contributed by atoms with Crippen molar-refractivity contribution < 1.29 is 0 Å². The van der Waals surface area contributed by atoms with E-state index in [1.807, 2.05) is 6.20 Å². The molecule has 0 unspecified atom stereocenters. The fraction of sp³-hybridized carbons (Fsp3) is 0.643. The molecule has 0 aromatic carbocycles. The molecule has 0 atom stereocenters. The van der Waals surface area contributed by atoms with Gasteiger partial charge in [-0.1, -0.05) is 33.8 Å². The molecule has 1 aromatic rings. The van der Waals surface area contributed by atoms with E-state index in [4.69, 9.17) is 0 Å². The average Bonchev–Trinajstić information content (AvgIpc) is 2.58. The van der Waals surface area contributed by atoms with E-state index in [-0.39, 0.29) is 0 Å². The Labute approximate surface area is 98.5 Å². The van der Waals surface area contributed by atoms with Gasteiger partial charge in [0.1, 0.15) is 5.82 Å². The van der Waals surface area contributed by atoms with Gasteiger partial charge in [-0.15, -0.1) is 0 Å². The van der Waals surface area contributed by atoms with Gasteiger partial charge in [0.05, 0.1) is 0 Å². The van der Waals surface area contributed by atoms with Crippen molar-refractivity contribution in [3.05, 3.63) is 23.9 Å². The highest BCUT2D eigenvalue weighted by molar-refractivity contribution is 5.36. The molecule has 2 heteroatoms. The number of hydrogen-bond donors (Lipinski definition) is 1. The quantitative estimate of drug-likeness (QED) is 0.840. The molecule has 1 fully saturated rings. The highest BCUT2D eigenvalue weighted by Crippen LogP contribution is 2.68. The van der Waals surface area contributed by atoms with Gasteiger partial charge >= 0.3 is 0 Å². The van der Waals surface area contributed by atoms with Crippen molar-refractivity contribution in [2.24, 2.45) is 16.7 Å². The van der Waals surface area contributed by atoms with Crippen LogP contribution in [0.5, 0.6) is 0 Å². The topological polar surface area (TPSA) is 24.9 Å². The second kappa shape index (κ2) is 3.47. The number of aromatic nitrogens is 1. The molecule has 0 bridgehead atoms. The molecule has 88 valence electrons. The Morgan fingerprint density at radius 3 is 2.25 bits per heavy atom. The number of aryl methyl sites for hydroxylation is 1. The van der Waals surface area contributed by atoms with Crippen molar-refractivity contribution in [2.75, 3.05) is 11.9 Å². The molecule has 16 heavy (non-hydrogen) atoms. The Balaban J connectivity index is 1.93. The Bertz CT molecular complexity index is 362. The first-order valence-electron chi connectivity index (χ1n) is 6.02. The van der Waals surface area contributed by atoms with Crippen molar-refractivity contribution in [1.82, 2.24) is 4.98 Å². The Hall–Kier alpha value is -1.05. The lowest BCUT2D eigenvalue weighted by atomic mass is 10.0. The van der Waals surface area contributed by atoms with Crippen LogP contribution in [0.25, 0.3) is 0 Å². The molecule has 0 spiro atoms. The van der Waals surface area contributed by atoms with E-state index >= 15 is 0 Å². The summed E-state index contributed by atoms with van der Waals surface area (Å²) in [6.07, 6.45) is 1.91. The van der Waals surface area contributed by atoms with Crippen LogP contribution >= 0.6 is 0 Å². The maximum absolute atomic E-state index is 4.36. The molecule has 2 nitrogen and oxygen atoms in total. The van der Waals surface area contributed by atoms with Crippen LogP contribution in [0.1, 0.15) is 33.3 Å². The molecule has 2 rings (SSSR count). The molecule has 1 aliphatic carbocycles. The summed E-state index contributed by atoms with van der Waals surface area (Å²) in [4.78, 5) is 4.36. The number of rotatable bonds is 3. The lowest BCUT2D eigenvalue weighted by Crippen LogP contribution is -2.09. The molecule has 0 radical (unpaired) electrons. The average molecular weight is 218 g/mol. The molecule has 0 aliphatic heterocycles. The van der Waals surface area contributed by atoms with Crippen molar-refractivity contribution in [3.8, 4) is 0 Å². The van der Waals surface area contributed by atoms with Crippen LogP contribution in [0, 0.1) is 23.7 Å². The minimum absolute atomic E-state index is 0.449. The third-order valence-electron chi connectivity index (χ3n) is 4.72. The van der Waals surface area contributed by atoms with Crippen LogP contribution < -0.4 is 5.32 Å². The highest BCUT2D eigenvalue weighted by atomic mass is 15.0. The smallest absolute Gasteiger partial charge is 0.125 e. The van der Waals surface area contributed by atoms with Crippen LogP contribution in [0.15, 0.2) is 18.3 Å². The minimum Gasteiger partial charge on any atom is -0.370 e. The van der Waals surface area contributed by atoms with Gasteiger partial charge in [-0.2, -0.15) is 0 Å². The SMILES string of the molecule is Cc1ccc(NCC2C(C)(C)C2(C)C)nc1. The van der Waals surface area contributed by atoms with Crippen molar-refractivity contribution in [2.45, 2.75) is 34.6 Å². The first-order chi connectivity index (χ1) is 7.35. The van der Waals surface area contributed by atoms with E-state index in [1.54, 1.807) is 0 Å². The Morgan fingerprint density at radius 1 is 1.19 bits per heavy atom. The summed E-state index contributed by atoms with van der Waals surface area (Å²) in [5.41, 5.74) is 2.10. The van der Waals surface area contributed by atoms with E-state index in [9.17, 15) is 0 Å². The zero-order valence-electron chi connectivity index (χ0n) is 11.0. The summed E-state index contributed by atoms with van der Waals surface area (Å²) in [6, 6.07) is 4.15. The van der Waals surface area contributed by atoms with Gasteiger partial charge in [-0.05, 0) is 35.3 Å². The summed E-state index contributed by atoms with van der Waals surface area (Å²) < 4.78 is 0. The van der Waals surface area contributed by atoms with Gasteiger partial charge in [0, 0.05) is 12.7 Å². The van der Waals surface area contributed by atoms with Gasteiger partial charge in [0.2, 0.25) is 0 Å². The number of hydrogen-bond acceptors (Lipinski definition) is 2. The number of anilines is 1. The maximum atomic E-state index is 4.36. The Kier molecular flexibility index (Phi) is 2.48. The van der Waals surface area contributed by atoms with Crippen LogP contribution in [-0.4, -0.2) is 11.5 Å². The standard InChI is InChI=1S/C14H22N2/c1-10-6-7-12(15-8-10)16-9-11-13(2,3)14(11,4)5/h6-8,11H,9H2,1-5H3,(H,15,16). The number of pyridine rings is 1. The lowest BCUT2D eigenvalue weighted by molar-refractivity contribution is 0.457. The van der Waals surface area contributed by atoms with Gasteiger partial charge in [0.15, 0.2) is 0 Å². The van der Waals surface area contributed by atoms with E-state index < -0.39 is 0 Å². The van der Waals surface area contributed by atoms with E-state index in [1.165, 1.54) is 5.56 Å². The molecule has 1 heterocycles. The second-order valence-corrected chi connectivity index (χ2v) is 6.10. The fourth-order valence-corrected chi connectivity index (χ4v) is 2.62. The molecular formula is C14H22N2. The summed E-state index contributed by atoms with van der Waals surface area (Å²) in [7, 11) is 0. The lowest BCUT2D eigenvalue weighted by Gasteiger charge is -2.06. The van der Waals surface area contributed by atoms with E-state index in [0.717, 1.165) is 18.3 Å². The molecule has 1 aliphatic rings. The van der Waals surface area contributed by atoms with Crippen LogP contribution in [0.3, 0.4) is 0 Å². The molecule has 1 saturated carbocycles. The second-order valence-electron chi connectivity index (χ2n) is 6.10. The monoisotopic (exact) mass is 218 g/mol. The number of nitrogens with one attached hydrogen (secondary N) is 1. The van der Waals surface area contributed by atoms with Gasteiger partial charge in [0.25, 0.3) is 0 Å². The maximum Gasteiger partial charge on any atom is 0.125 e. The van der Waals surface area contributed by atoms with Gasteiger partial charge < -0.3 is 5.32 Å². The molecule has 0 amide bonds. The summed E-state index contributed by atoms with van der Waals surface area (Å²) >= 11 is 0. The zero-order valence-corrected chi connectivity index (χ0v) is 11.0. The fourth-order valence-electron chi connectivity index (χ4n) is 2.62. The molecule has 1 N–H and O–H groups in total.